The van der Waals surface area contributed by atoms with Crippen molar-refractivity contribution in [3.8, 4) is 11.1 Å². The van der Waals surface area contributed by atoms with Crippen LogP contribution < -0.4 is 10.6 Å². The molecule has 2 N–H and O–H groups in total. The number of benzene rings is 2. The number of para-hydroxylation sites is 1. The van der Waals surface area contributed by atoms with Crippen LogP contribution in [-0.2, 0) is 11.3 Å². The molecule has 1 aromatic heterocycles. The first-order chi connectivity index (χ1) is 14.7. The second-order valence-electron chi connectivity index (χ2n) is 8.25. The molecule has 158 valence electrons. The van der Waals surface area contributed by atoms with E-state index in [1.807, 2.05) is 35.0 Å². The second kappa shape index (κ2) is 9.90. The molecule has 1 amide bonds. The Morgan fingerprint density at radius 2 is 1.80 bits per heavy atom. The zero-order valence-corrected chi connectivity index (χ0v) is 17.4. The van der Waals surface area contributed by atoms with Crippen molar-refractivity contribution in [1.29, 1.82) is 0 Å². The van der Waals surface area contributed by atoms with Crippen LogP contribution in [0.25, 0.3) is 22.0 Å². The highest BCUT2D eigenvalue weighted by molar-refractivity contribution is 5.95. The highest BCUT2D eigenvalue weighted by Gasteiger charge is 2.13. The summed E-state index contributed by atoms with van der Waals surface area (Å²) in [5.41, 5.74) is 2.93. The minimum absolute atomic E-state index is 0.000811. The van der Waals surface area contributed by atoms with Crippen LogP contribution in [0.1, 0.15) is 32.1 Å². The lowest BCUT2D eigenvalue weighted by molar-refractivity contribution is -0.121. The van der Waals surface area contributed by atoms with E-state index in [1.54, 1.807) is 12.1 Å². The van der Waals surface area contributed by atoms with Crippen molar-refractivity contribution in [2.24, 2.45) is 5.92 Å². The molecular weight excluding hydrogens is 377 g/mol. The maximum Gasteiger partial charge on any atom is 0.239 e. The summed E-state index contributed by atoms with van der Waals surface area (Å²) in [5.74, 6) is 0.546. The number of hydrogen-bond acceptors (Lipinski definition) is 2. The van der Waals surface area contributed by atoms with E-state index in [0.717, 1.165) is 41.0 Å². The molecule has 30 heavy (non-hydrogen) atoms. The largest absolute Gasteiger partial charge is 0.353 e. The van der Waals surface area contributed by atoms with Gasteiger partial charge in [0.15, 0.2) is 0 Å². The first-order valence-corrected chi connectivity index (χ1v) is 11.0. The molecule has 1 heterocycles. The van der Waals surface area contributed by atoms with Gasteiger partial charge in [0.25, 0.3) is 0 Å². The fourth-order valence-corrected chi connectivity index (χ4v) is 4.45. The van der Waals surface area contributed by atoms with Crippen LogP contribution in [0.4, 0.5) is 4.39 Å². The van der Waals surface area contributed by atoms with E-state index in [-0.39, 0.29) is 18.3 Å². The Balaban J connectivity index is 1.34. The van der Waals surface area contributed by atoms with E-state index >= 15 is 0 Å². The number of nitrogens with one attached hydrogen (secondary N) is 2. The zero-order chi connectivity index (χ0) is 20.8. The molecule has 0 saturated heterocycles. The van der Waals surface area contributed by atoms with E-state index in [1.165, 1.54) is 44.2 Å². The summed E-state index contributed by atoms with van der Waals surface area (Å²) in [7, 11) is 0. The molecule has 0 spiro atoms. The molecule has 1 aliphatic carbocycles. The number of fused-ring (bicyclic) bond motifs is 1. The molecule has 1 saturated carbocycles. The third-order valence-electron chi connectivity index (χ3n) is 6.04. The maximum absolute atomic E-state index is 13.3. The summed E-state index contributed by atoms with van der Waals surface area (Å²) < 4.78 is 15.3. The first-order valence-electron chi connectivity index (χ1n) is 11.0. The van der Waals surface area contributed by atoms with Crippen LogP contribution >= 0.6 is 0 Å². The van der Waals surface area contributed by atoms with Crippen molar-refractivity contribution < 1.29 is 9.18 Å². The summed E-state index contributed by atoms with van der Waals surface area (Å²) >= 11 is 0. The average molecular weight is 408 g/mol. The van der Waals surface area contributed by atoms with Crippen molar-refractivity contribution in [2.75, 3.05) is 19.6 Å². The fourth-order valence-electron chi connectivity index (χ4n) is 4.45. The molecule has 0 aliphatic heterocycles. The highest BCUT2D eigenvalue weighted by Crippen LogP contribution is 2.29. The summed E-state index contributed by atoms with van der Waals surface area (Å²) in [4.78, 5) is 12.5. The lowest BCUT2D eigenvalue weighted by atomic mass is 9.89. The number of carbonyl (C=O) groups excluding carboxylic acids is 1. The van der Waals surface area contributed by atoms with E-state index < -0.39 is 0 Å². The Kier molecular flexibility index (Phi) is 6.80. The van der Waals surface area contributed by atoms with Crippen molar-refractivity contribution in [1.82, 2.24) is 15.2 Å². The van der Waals surface area contributed by atoms with Gasteiger partial charge in [-0.05, 0) is 49.1 Å². The summed E-state index contributed by atoms with van der Waals surface area (Å²) in [6, 6.07) is 14.5. The van der Waals surface area contributed by atoms with Gasteiger partial charge < -0.3 is 15.2 Å². The second-order valence-corrected chi connectivity index (χ2v) is 8.25. The van der Waals surface area contributed by atoms with Gasteiger partial charge >= 0.3 is 0 Å². The van der Waals surface area contributed by atoms with Crippen molar-refractivity contribution in [2.45, 2.75) is 38.6 Å². The fraction of sp³-hybridized carbons (Fsp3) is 0.400. The Morgan fingerprint density at radius 1 is 1.00 bits per heavy atom. The summed E-state index contributed by atoms with van der Waals surface area (Å²) in [6.45, 7) is 2.76. The third kappa shape index (κ3) is 5.08. The highest BCUT2D eigenvalue weighted by atomic mass is 19.1. The molecule has 4 rings (SSSR count). The molecule has 2 aromatic carbocycles. The van der Waals surface area contributed by atoms with E-state index in [0.29, 0.717) is 6.54 Å². The minimum atomic E-state index is -0.252. The van der Waals surface area contributed by atoms with Gasteiger partial charge in [-0.2, -0.15) is 0 Å². The average Bonchev–Trinajstić information content (AvgIpc) is 3.18. The standard InChI is InChI=1S/C25H30FN3O/c26-22-11-9-20(10-12-22)23-8-4-7-21-13-16-29(25(21)23)18-24(30)28-15-14-27-17-19-5-2-1-3-6-19/h4,7-13,16,19,27H,1-3,5-6,14-15,17-18H2,(H,28,30). The van der Waals surface area contributed by atoms with Gasteiger partial charge in [-0.15, -0.1) is 0 Å². The van der Waals surface area contributed by atoms with E-state index in [2.05, 4.69) is 10.6 Å². The van der Waals surface area contributed by atoms with Crippen molar-refractivity contribution in [3.05, 3.63) is 60.5 Å². The van der Waals surface area contributed by atoms with Crippen LogP contribution in [0.5, 0.6) is 0 Å². The number of carbonyl (C=O) groups is 1. The Labute approximate surface area is 177 Å². The lowest BCUT2D eigenvalue weighted by Gasteiger charge is -2.21. The van der Waals surface area contributed by atoms with Crippen LogP contribution in [-0.4, -0.2) is 30.1 Å². The van der Waals surface area contributed by atoms with Crippen LogP contribution in [0.2, 0.25) is 0 Å². The molecule has 5 heteroatoms. The predicted octanol–water partition coefficient (Wildman–Crippen LogP) is 4.73. The number of amides is 1. The predicted molar refractivity (Wildman–Crippen MR) is 120 cm³/mol. The number of aromatic nitrogens is 1. The SMILES string of the molecule is O=C(Cn1ccc2cccc(-c3ccc(F)cc3)c21)NCCNCC1CCCCC1. The molecule has 1 fully saturated rings. The third-order valence-corrected chi connectivity index (χ3v) is 6.04. The number of hydrogen-bond donors (Lipinski definition) is 2. The van der Waals surface area contributed by atoms with Gasteiger partial charge in [-0.3, -0.25) is 4.79 Å². The lowest BCUT2D eigenvalue weighted by Crippen LogP contribution is -2.35. The van der Waals surface area contributed by atoms with Gasteiger partial charge in [0.2, 0.25) is 5.91 Å². The number of rotatable bonds is 8. The van der Waals surface area contributed by atoms with Gasteiger partial charge in [0, 0.05) is 30.2 Å². The summed E-state index contributed by atoms with van der Waals surface area (Å²) in [5, 5.41) is 7.57. The monoisotopic (exact) mass is 407 g/mol. The van der Waals surface area contributed by atoms with E-state index in [9.17, 15) is 9.18 Å². The smallest absolute Gasteiger partial charge is 0.239 e. The van der Waals surface area contributed by atoms with Gasteiger partial charge in [-0.25, -0.2) is 4.39 Å². The van der Waals surface area contributed by atoms with Crippen LogP contribution in [0.15, 0.2) is 54.7 Å². The molecule has 4 nitrogen and oxygen atoms in total. The Bertz CT molecular complexity index is 974. The minimum Gasteiger partial charge on any atom is -0.353 e. The quantitative estimate of drug-likeness (QED) is 0.530. The number of nitrogens with zero attached hydrogens (tertiary/aromatic N) is 1. The molecule has 0 radical (unpaired) electrons. The van der Waals surface area contributed by atoms with Gasteiger partial charge in [0.05, 0.1) is 5.52 Å². The van der Waals surface area contributed by atoms with E-state index in [4.69, 9.17) is 0 Å². The van der Waals surface area contributed by atoms with Crippen LogP contribution in [0, 0.1) is 11.7 Å². The first kappa shape index (κ1) is 20.6. The van der Waals surface area contributed by atoms with Crippen molar-refractivity contribution >= 4 is 16.8 Å². The van der Waals surface area contributed by atoms with Crippen molar-refractivity contribution in [3.63, 3.8) is 0 Å². The summed E-state index contributed by atoms with van der Waals surface area (Å²) in [6.07, 6.45) is 8.69. The van der Waals surface area contributed by atoms with Gasteiger partial charge in [0.1, 0.15) is 12.4 Å². The topological polar surface area (TPSA) is 46.1 Å². The van der Waals surface area contributed by atoms with Gasteiger partial charge in [-0.1, -0.05) is 49.6 Å². The molecule has 0 atom stereocenters. The molecule has 3 aromatic rings. The Hall–Kier alpha value is -2.66. The molecule has 1 aliphatic rings. The maximum atomic E-state index is 13.3. The zero-order valence-electron chi connectivity index (χ0n) is 17.4. The number of halogens is 1. The molecule has 0 unspecified atom stereocenters. The normalized spacial score (nSPS) is 14.8. The van der Waals surface area contributed by atoms with Crippen LogP contribution in [0.3, 0.4) is 0 Å². The Morgan fingerprint density at radius 3 is 2.60 bits per heavy atom. The molecular formula is C25H30FN3O. The molecule has 0 bridgehead atoms.